The zero-order chi connectivity index (χ0) is 17.2. The van der Waals surface area contributed by atoms with Crippen LogP contribution >= 0.6 is 0 Å². The second-order valence-corrected chi connectivity index (χ2v) is 6.53. The molecular formula is C21H25NO2. The normalized spacial score (nSPS) is 17.8. The van der Waals surface area contributed by atoms with Crippen LogP contribution in [0.15, 0.2) is 48.5 Å². The van der Waals surface area contributed by atoms with Gasteiger partial charge in [0, 0.05) is 6.42 Å². The zero-order valence-electron chi connectivity index (χ0n) is 14.4. The lowest BCUT2D eigenvalue weighted by molar-refractivity contribution is -0.120. The highest BCUT2D eigenvalue weighted by Crippen LogP contribution is 2.37. The van der Waals surface area contributed by atoms with Crippen molar-refractivity contribution < 1.29 is 9.90 Å². The van der Waals surface area contributed by atoms with Crippen molar-refractivity contribution >= 4 is 5.91 Å². The lowest BCUT2D eigenvalue weighted by atomic mass is 9.78. The lowest BCUT2D eigenvalue weighted by Gasteiger charge is -2.35. The average Bonchev–Trinajstić information content (AvgIpc) is 3.08. The van der Waals surface area contributed by atoms with E-state index in [0.717, 1.165) is 24.0 Å². The van der Waals surface area contributed by atoms with Gasteiger partial charge in [0.2, 0.25) is 5.91 Å². The molecule has 1 heterocycles. The van der Waals surface area contributed by atoms with Crippen LogP contribution in [0.1, 0.15) is 48.9 Å². The Kier molecular flexibility index (Phi) is 4.72. The maximum absolute atomic E-state index is 11.8. The van der Waals surface area contributed by atoms with Crippen molar-refractivity contribution in [1.82, 2.24) is 5.32 Å². The molecule has 1 aliphatic rings. The van der Waals surface area contributed by atoms with Crippen LogP contribution in [0, 0.1) is 0 Å². The molecule has 0 unspecified atom stereocenters. The maximum Gasteiger partial charge on any atom is 0.220 e. The van der Waals surface area contributed by atoms with Crippen molar-refractivity contribution in [1.29, 1.82) is 0 Å². The third-order valence-corrected chi connectivity index (χ3v) is 5.05. The van der Waals surface area contributed by atoms with E-state index in [1.54, 1.807) is 0 Å². The predicted octanol–water partition coefficient (Wildman–Crippen LogP) is 3.33. The predicted molar refractivity (Wildman–Crippen MR) is 95.8 cm³/mol. The fourth-order valence-electron chi connectivity index (χ4n) is 3.55. The minimum absolute atomic E-state index is 0.0108. The van der Waals surface area contributed by atoms with Gasteiger partial charge in [0.15, 0.2) is 0 Å². The molecule has 3 heteroatoms. The minimum atomic E-state index is -1.21. The van der Waals surface area contributed by atoms with Gasteiger partial charge in [-0.25, -0.2) is 0 Å². The number of carbonyl (C=O) groups excluding carboxylic acids is 1. The summed E-state index contributed by atoms with van der Waals surface area (Å²) in [5.41, 5.74) is 2.86. The summed E-state index contributed by atoms with van der Waals surface area (Å²) >= 11 is 0. The Morgan fingerprint density at radius 3 is 2.00 bits per heavy atom. The van der Waals surface area contributed by atoms with Crippen molar-refractivity contribution in [3.05, 3.63) is 70.8 Å². The molecule has 3 nitrogen and oxygen atoms in total. The van der Waals surface area contributed by atoms with Gasteiger partial charge in [0.05, 0.1) is 6.04 Å². The third-order valence-electron chi connectivity index (χ3n) is 5.05. The number of aryl methyl sites for hydroxylation is 2. The molecule has 1 amide bonds. The largest absolute Gasteiger partial charge is 0.378 e. The summed E-state index contributed by atoms with van der Waals surface area (Å²) < 4.78 is 0. The summed E-state index contributed by atoms with van der Waals surface area (Å²) in [6, 6.07) is 15.8. The first-order chi connectivity index (χ1) is 11.6. The number of amides is 1. The molecule has 1 saturated heterocycles. The van der Waals surface area contributed by atoms with E-state index < -0.39 is 5.60 Å². The molecular weight excluding hydrogens is 298 g/mol. The van der Waals surface area contributed by atoms with Crippen LogP contribution in [0.4, 0.5) is 0 Å². The van der Waals surface area contributed by atoms with Crippen molar-refractivity contribution in [2.45, 2.75) is 51.2 Å². The number of aliphatic hydroxyl groups is 1. The van der Waals surface area contributed by atoms with Gasteiger partial charge in [-0.05, 0) is 41.5 Å². The first-order valence-electron chi connectivity index (χ1n) is 8.78. The molecule has 1 atom stereocenters. The molecule has 0 bridgehead atoms. The number of hydrogen-bond acceptors (Lipinski definition) is 2. The number of rotatable bonds is 5. The Morgan fingerprint density at radius 1 is 1.04 bits per heavy atom. The fraction of sp³-hybridized carbons (Fsp3) is 0.381. The second-order valence-electron chi connectivity index (χ2n) is 6.53. The molecule has 2 aromatic carbocycles. The first-order valence-corrected chi connectivity index (χ1v) is 8.78. The standard InChI is InChI=1S/C21H25NO2/c1-3-15-7-5-9-17(13-15)21(24,19-11-12-20(23)22-19)18-10-6-8-16(4-2)14-18/h5-10,13-14,19,24H,3-4,11-12H2,1-2H3,(H,22,23)/t19-/m0/s1. The molecule has 24 heavy (non-hydrogen) atoms. The summed E-state index contributed by atoms with van der Waals surface area (Å²) in [7, 11) is 0. The minimum Gasteiger partial charge on any atom is -0.378 e. The van der Waals surface area contributed by atoms with Crippen LogP contribution < -0.4 is 5.32 Å². The Labute approximate surface area is 143 Å². The van der Waals surface area contributed by atoms with E-state index in [2.05, 4.69) is 43.4 Å². The molecule has 1 fully saturated rings. The van der Waals surface area contributed by atoms with E-state index in [4.69, 9.17) is 0 Å². The fourth-order valence-corrected chi connectivity index (χ4v) is 3.55. The summed E-state index contributed by atoms with van der Waals surface area (Å²) in [4.78, 5) is 11.8. The summed E-state index contributed by atoms with van der Waals surface area (Å²) in [5, 5.41) is 14.8. The van der Waals surface area contributed by atoms with Gasteiger partial charge < -0.3 is 10.4 Å². The maximum atomic E-state index is 11.8. The van der Waals surface area contributed by atoms with Gasteiger partial charge in [0.1, 0.15) is 5.60 Å². The van der Waals surface area contributed by atoms with Gasteiger partial charge in [-0.3, -0.25) is 4.79 Å². The van der Waals surface area contributed by atoms with E-state index >= 15 is 0 Å². The van der Waals surface area contributed by atoms with Crippen LogP contribution in [-0.2, 0) is 23.2 Å². The van der Waals surface area contributed by atoms with E-state index in [1.807, 2.05) is 24.3 Å². The van der Waals surface area contributed by atoms with E-state index in [-0.39, 0.29) is 11.9 Å². The summed E-state index contributed by atoms with van der Waals surface area (Å²) in [6.45, 7) is 4.21. The molecule has 2 N–H and O–H groups in total. The van der Waals surface area contributed by atoms with Crippen molar-refractivity contribution in [2.24, 2.45) is 0 Å². The molecule has 0 aliphatic carbocycles. The highest BCUT2D eigenvalue weighted by atomic mass is 16.3. The Bertz CT molecular complexity index is 691. The van der Waals surface area contributed by atoms with Crippen LogP contribution in [-0.4, -0.2) is 17.1 Å². The monoisotopic (exact) mass is 323 g/mol. The molecule has 0 saturated carbocycles. The molecule has 1 aliphatic heterocycles. The van der Waals surface area contributed by atoms with Gasteiger partial charge >= 0.3 is 0 Å². The van der Waals surface area contributed by atoms with Crippen LogP contribution in [0.25, 0.3) is 0 Å². The molecule has 0 radical (unpaired) electrons. The van der Waals surface area contributed by atoms with Crippen LogP contribution in [0.3, 0.4) is 0 Å². The molecule has 0 spiro atoms. The van der Waals surface area contributed by atoms with Gasteiger partial charge in [-0.15, -0.1) is 0 Å². The SMILES string of the molecule is CCc1cccc(C(O)(c2cccc(CC)c2)[C@@H]2CCC(=O)N2)c1. The van der Waals surface area contributed by atoms with Crippen LogP contribution in [0.5, 0.6) is 0 Å². The molecule has 0 aromatic heterocycles. The quantitative estimate of drug-likeness (QED) is 0.887. The van der Waals surface area contributed by atoms with Gasteiger partial charge in [0.25, 0.3) is 0 Å². The smallest absolute Gasteiger partial charge is 0.220 e. The number of hydrogen-bond donors (Lipinski definition) is 2. The number of benzene rings is 2. The van der Waals surface area contributed by atoms with Crippen LogP contribution in [0.2, 0.25) is 0 Å². The van der Waals surface area contributed by atoms with Crippen molar-refractivity contribution in [3.8, 4) is 0 Å². The lowest BCUT2D eigenvalue weighted by Crippen LogP contribution is -2.47. The molecule has 3 rings (SSSR count). The summed E-state index contributed by atoms with van der Waals surface area (Å²) in [5.74, 6) is 0.0108. The molecule has 126 valence electrons. The second kappa shape index (κ2) is 6.78. The number of carbonyl (C=O) groups is 1. The van der Waals surface area contributed by atoms with Crippen molar-refractivity contribution in [3.63, 3.8) is 0 Å². The zero-order valence-corrected chi connectivity index (χ0v) is 14.4. The topological polar surface area (TPSA) is 49.3 Å². The third kappa shape index (κ3) is 2.96. The van der Waals surface area contributed by atoms with Gasteiger partial charge in [-0.1, -0.05) is 62.4 Å². The first kappa shape index (κ1) is 16.7. The van der Waals surface area contributed by atoms with E-state index in [9.17, 15) is 9.90 Å². The Hall–Kier alpha value is -2.13. The van der Waals surface area contributed by atoms with Crippen molar-refractivity contribution in [2.75, 3.05) is 0 Å². The number of nitrogens with one attached hydrogen (secondary N) is 1. The van der Waals surface area contributed by atoms with Gasteiger partial charge in [-0.2, -0.15) is 0 Å². The highest BCUT2D eigenvalue weighted by Gasteiger charge is 2.43. The van der Waals surface area contributed by atoms with E-state index in [1.165, 1.54) is 11.1 Å². The highest BCUT2D eigenvalue weighted by molar-refractivity contribution is 5.79. The summed E-state index contributed by atoms with van der Waals surface area (Å²) in [6.07, 6.45) is 2.93. The van der Waals surface area contributed by atoms with E-state index in [0.29, 0.717) is 12.8 Å². The Morgan fingerprint density at radius 2 is 1.58 bits per heavy atom. The Balaban J connectivity index is 2.14. The average molecular weight is 323 g/mol. The molecule has 2 aromatic rings.